The van der Waals surface area contributed by atoms with Crippen molar-refractivity contribution in [3.8, 4) is 48.6 Å². The SMILES string of the molecule is N#CC(C#N)=C1C(c2cc(C(F)(F)F)c(C#N)c(C(F)(F)F)c2)=C(C#N)c2cc3c(cc21)C(=C(C#N)C#N)C(c1cc(C(F)(F)F)c(C#N)c(C(F)(F)F)c1)=C3C#N. The predicted molar refractivity (Wildman–Crippen MR) is 170 cm³/mol. The quantitative estimate of drug-likeness (QED) is 0.181. The van der Waals surface area contributed by atoms with Crippen LogP contribution in [0.3, 0.4) is 0 Å². The molecule has 0 heterocycles. The van der Waals surface area contributed by atoms with Gasteiger partial charge in [0.2, 0.25) is 0 Å². The van der Waals surface area contributed by atoms with Gasteiger partial charge >= 0.3 is 24.7 Å². The molecule has 58 heavy (non-hydrogen) atoms. The van der Waals surface area contributed by atoms with Gasteiger partial charge in [0.25, 0.3) is 0 Å². The highest BCUT2D eigenvalue weighted by atomic mass is 19.4. The largest absolute Gasteiger partial charge is 0.417 e. The highest BCUT2D eigenvalue weighted by Gasteiger charge is 2.46. The summed E-state index contributed by atoms with van der Waals surface area (Å²) in [5.41, 5.74) is -24.1. The lowest BCUT2D eigenvalue weighted by Gasteiger charge is -2.18. The minimum absolute atomic E-state index is 0.0429. The molecule has 0 N–H and O–H groups in total. The zero-order valence-corrected chi connectivity index (χ0v) is 27.6. The molecular formula is C38H6F12N8. The van der Waals surface area contributed by atoms with E-state index in [1.165, 1.54) is 36.4 Å². The van der Waals surface area contributed by atoms with E-state index in [1.54, 1.807) is 0 Å². The molecule has 2 aliphatic carbocycles. The molecule has 3 aromatic carbocycles. The van der Waals surface area contributed by atoms with E-state index in [4.69, 9.17) is 0 Å². The van der Waals surface area contributed by atoms with Crippen LogP contribution >= 0.6 is 0 Å². The van der Waals surface area contributed by atoms with Gasteiger partial charge in [-0.05, 0) is 58.7 Å². The van der Waals surface area contributed by atoms with Crippen molar-refractivity contribution in [3.63, 3.8) is 0 Å². The molecule has 0 fully saturated rings. The molecule has 0 amide bonds. The number of hydrogen-bond donors (Lipinski definition) is 0. The fourth-order valence-corrected chi connectivity index (χ4v) is 6.53. The van der Waals surface area contributed by atoms with Crippen LogP contribution in [0.1, 0.15) is 66.8 Å². The number of allylic oxidation sites excluding steroid dienone is 8. The van der Waals surface area contributed by atoms with Crippen LogP contribution in [0.15, 0.2) is 47.5 Å². The number of fused-ring (bicyclic) bond motifs is 2. The van der Waals surface area contributed by atoms with Crippen LogP contribution in [0.5, 0.6) is 0 Å². The molecule has 5 rings (SSSR count). The molecule has 0 unspecified atom stereocenters. The first-order chi connectivity index (χ1) is 27.0. The number of nitriles is 8. The van der Waals surface area contributed by atoms with E-state index >= 15 is 0 Å². The van der Waals surface area contributed by atoms with E-state index in [2.05, 4.69) is 0 Å². The van der Waals surface area contributed by atoms with Crippen LogP contribution in [0.4, 0.5) is 52.7 Å². The van der Waals surface area contributed by atoms with Gasteiger partial charge in [-0.2, -0.15) is 94.8 Å². The lowest BCUT2D eigenvalue weighted by atomic mass is 9.87. The standard InChI is InChI=1S/C38H6F12N8/c39-35(40,41)27-1-15(2-28(25(27)13-57)36(42,43)44)31-23(11-55)19-5-20-22(6-21(19)33(31)17(7-51)8-52)34(18(9-53)10-54)32(24(20)12-56)16-3-29(37(45,46)47)26(14-58)30(4-16)38(48,49)50/h1-6H. The summed E-state index contributed by atoms with van der Waals surface area (Å²) in [5, 5.41) is 78.9. The Kier molecular flexibility index (Phi) is 9.71. The maximum atomic E-state index is 14.2. The van der Waals surface area contributed by atoms with Gasteiger partial charge in [0.15, 0.2) is 0 Å². The van der Waals surface area contributed by atoms with Gasteiger partial charge < -0.3 is 0 Å². The third-order valence-corrected chi connectivity index (χ3v) is 8.71. The van der Waals surface area contributed by atoms with Crippen molar-refractivity contribution in [1.82, 2.24) is 0 Å². The van der Waals surface area contributed by atoms with E-state index in [-0.39, 0.29) is 24.3 Å². The Bertz CT molecular complexity index is 2610. The van der Waals surface area contributed by atoms with Crippen LogP contribution in [0.2, 0.25) is 0 Å². The monoisotopic (exact) mass is 802 g/mol. The summed E-state index contributed by atoms with van der Waals surface area (Å²) >= 11 is 0. The molecular weight excluding hydrogens is 796 g/mol. The molecule has 0 spiro atoms. The van der Waals surface area contributed by atoms with Crippen LogP contribution in [0, 0.1) is 90.6 Å². The first-order valence-corrected chi connectivity index (χ1v) is 15.0. The minimum atomic E-state index is -5.64. The molecule has 20 heteroatoms. The number of rotatable bonds is 2. The van der Waals surface area contributed by atoms with Crippen molar-refractivity contribution in [3.05, 3.63) is 114 Å². The van der Waals surface area contributed by atoms with E-state index in [9.17, 15) is 94.8 Å². The minimum Gasteiger partial charge on any atom is -0.192 e. The summed E-state index contributed by atoms with van der Waals surface area (Å²) in [6.45, 7) is 0. The van der Waals surface area contributed by atoms with E-state index < -0.39 is 136 Å². The van der Waals surface area contributed by atoms with Crippen molar-refractivity contribution in [2.75, 3.05) is 0 Å². The van der Waals surface area contributed by atoms with Crippen LogP contribution < -0.4 is 0 Å². The van der Waals surface area contributed by atoms with Crippen molar-refractivity contribution in [1.29, 1.82) is 42.1 Å². The number of halogens is 12. The number of hydrogen-bond acceptors (Lipinski definition) is 8. The Morgan fingerprint density at radius 1 is 0.362 bits per heavy atom. The Morgan fingerprint density at radius 2 is 0.621 bits per heavy atom. The topological polar surface area (TPSA) is 190 Å². The van der Waals surface area contributed by atoms with Gasteiger partial charge in [-0.15, -0.1) is 0 Å². The molecule has 0 saturated heterocycles. The van der Waals surface area contributed by atoms with Gasteiger partial charge in [-0.3, -0.25) is 0 Å². The second-order valence-electron chi connectivity index (χ2n) is 11.7. The first-order valence-electron chi connectivity index (χ1n) is 15.0. The van der Waals surface area contributed by atoms with Gasteiger partial charge in [-0.25, -0.2) is 0 Å². The Balaban J connectivity index is 2.02. The molecule has 0 saturated carbocycles. The molecule has 0 aromatic heterocycles. The van der Waals surface area contributed by atoms with Gasteiger partial charge in [-0.1, -0.05) is 0 Å². The van der Waals surface area contributed by atoms with E-state index in [0.29, 0.717) is 0 Å². The van der Waals surface area contributed by atoms with E-state index in [0.717, 1.165) is 24.3 Å². The highest BCUT2D eigenvalue weighted by Crippen LogP contribution is 2.56. The number of benzene rings is 3. The summed E-state index contributed by atoms with van der Waals surface area (Å²) in [6, 6.07) is 12.0. The maximum absolute atomic E-state index is 14.2. The Morgan fingerprint density at radius 3 is 0.828 bits per heavy atom. The van der Waals surface area contributed by atoms with Crippen molar-refractivity contribution in [2.45, 2.75) is 24.7 Å². The number of nitrogens with zero attached hydrogens (tertiary/aromatic N) is 8. The van der Waals surface area contributed by atoms with Gasteiger partial charge in [0.1, 0.15) is 59.7 Å². The van der Waals surface area contributed by atoms with E-state index in [1.807, 2.05) is 0 Å². The predicted octanol–water partition coefficient (Wildman–Crippen LogP) is 10.0. The summed E-state index contributed by atoms with van der Waals surface area (Å²) in [6.07, 6.45) is -22.6. The average Bonchev–Trinajstić information content (AvgIpc) is 3.64. The smallest absolute Gasteiger partial charge is 0.192 e. The molecule has 0 aliphatic heterocycles. The van der Waals surface area contributed by atoms with Crippen LogP contribution in [-0.4, -0.2) is 0 Å². The fraction of sp³-hybridized carbons (Fsp3) is 0.105. The maximum Gasteiger partial charge on any atom is 0.417 e. The summed E-state index contributed by atoms with van der Waals surface area (Å²) in [5.74, 6) is 0. The zero-order chi connectivity index (χ0) is 43.4. The Labute approximate surface area is 315 Å². The summed E-state index contributed by atoms with van der Waals surface area (Å²) in [4.78, 5) is 0. The van der Waals surface area contributed by atoms with Crippen LogP contribution in [-0.2, 0) is 24.7 Å². The third-order valence-electron chi connectivity index (χ3n) is 8.71. The second-order valence-corrected chi connectivity index (χ2v) is 11.7. The summed E-state index contributed by atoms with van der Waals surface area (Å²) < 4.78 is 170. The van der Waals surface area contributed by atoms with Gasteiger partial charge in [0, 0.05) is 33.4 Å². The molecule has 0 bridgehead atoms. The van der Waals surface area contributed by atoms with Crippen molar-refractivity contribution in [2.24, 2.45) is 0 Å². The van der Waals surface area contributed by atoms with Crippen molar-refractivity contribution >= 4 is 33.4 Å². The second kappa shape index (κ2) is 13.8. The molecule has 282 valence electrons. The normalized spacial score (nSPS) is 13.5. The highest BCUT2D eigenvalue weighted by molar-refractivity contribution is 6.30. The molecule has 3 aromatic rings. The lowest BCUT2D eigenvalue weighted by molar-refractivity contribution is -0.145. The first kappa shape index (κ1) is 40.9. The summed E-state index contributed by atoms with van der Waals surface area (Å²) in [7, 11) is 0. The molecule has 2 aliphatic rings. The zero-order valence-electron chi connectivity index (χ0n) is 27.6. The Hall–Kier alpha value is -8.30. The average molecular weight is 802 g/mol. The molecule has 0 radical (unpaired) electrons. The molecule has 0 atom stereocenters. The lowest BCUT2D eigenvalue weighted by Crippen LogP contribution is -2.16. The molecule has 8 nitrogen and oxygen atoms in total. The van der Waals surface area contributed by atoms with Crippen molar-refractivity contribution < 1.29 is 52.7 Å². The number of alkyl halides is 12. The van der Waals surface area contributed by atoms with Crippen LogP contribution in [0.25, 0.3) is 33.4 Å². The fourth-order valence-electron chi connectivity index (χ4n) is 6.53. The van der Waals surface area contributed by atoms with Gasteiger partial charge in [0.05, 0.1) is 44.5 Å². The third kappa shape index (κ3) is 6.38.